The van der Waals surface area contributed by atoms with Gasteiger partial charge in [-0.05, 0) is 79.6 Å². The highest BCUT2D eigenvalue weighted by Gasteiger charge is 2.33. The molecular formula is C28H27IN2O7S. The number of fused-ring (bicyclic) bond motifs is 1. The maximum absolute atomic E-state index is 13.8. The van der Waals surface area contributed by atoms with Crippen LogP contribution in [0.25, 0.3) is 6.08 Å². The first-order chi connectivity index (χ1) is 18.6. The minimum Gasteiger partial charge on any atom is -0.490 e. The Hall–Kier alpha value is -3.45. The maximum Gasteiger partial charge on any atom is 0.341 e. The molecule has 0 amide bonds. The van der Waals surface area contributed by atoms with Crippen molar-refractivity contribution < 1.29 is 28.9 Å². The fourth-order valence-electron chi connectivity index (χ4n) is 4.22. The number of halogens is 1. The van der Waals surface area contributed by atoms with Gasteiger partial charge in [0.15, 0.2) is 22.9 Å². The first-order valence-electron chi connectivity index (χ1n) is 12.2. The average Bonchev–Trinajstić information content (AvgIpc) is 3.17. The number of nitrogens with zero attached hydrogens (tertiary/aromatic N) is 2. The van der Waals surface area contributed by atoms with Crippen LogP contribution in [-0.2, 0) is 14.3 Å². The SMILES string of the molecule is CCOC(=O)C1=C(C)N=c2s/c(=C/c3cc(I)c(OCC(=O)O)c(OCC)c3)c(=O)n2[C@@H]1c1ccc(C)cc1. The van der Waals surface area contributed by atoms with Crippen LogP contribution in [0.15, 0.2) is 57.5 Å². The van der Waals surface area contributed by atoms with Crippen molar-refractivity contribution in [1.82, 2.24) is 4.57 Å². The lowest BCUT2D eigenvalue weighted by Crippen LogP contribution is -2.39. The predicted molar refractivity (Wildman–Crippen MR) is 155 cm³/mol. The summed E-state index contributed by atoms with van der Waals surface area (Å²) in [6, 6.07) is 10.5. The molecule has 2 heterocycles. The van der Waals surface area contributed by atoms with Crippen molar-refractivity contribution in [2.24, 2.45) is 4.99 Å². The van der Waals surface area contributed by atoms with Crippen molar-refractivity contribution in [3.63, 3.8) is 0 Å². The number of hydrogen-bond donors (Lipinski definition) is 1. The zero-order valence-electron chi connectivity index (χ0n) is 21.8. The number of aliphatic carboxylic acids is 1. The Balaban J connectivity index is 1.88. The van der Waals surface area contributed by atoms with Gasteiger partial charge in [-0.3, -0.25) is 9.36 Å². The topological polar surface area (TPSA) is 116 Å². The largest absolute Gasteiger partial charge is 0.490 e. The van der Waals surface area contributed by atoms with Gasteiger partial charge in [0.1, 0.15) is 0 Å². The number of aromatic nitrogens is 1. The third-order valence-electron chi connectivity index (χ3n) is 5.88. The quantitative estimate of drug-likeness (QED) is 0.275. The number of benzene rings is 2. The van der Waals surface area contributed by atoms with Crippen LogP contribution < -0.4 is 24.4 Å². The summed E-state index contributed by atoms with van der Waals surface area (Å²) >= 11 is 3.27. The highest BCUT2D eigenvalue weighted by atomic mass is 127. The summed E-state index contributed by atoms with van der Waals surface area (Å²) in [4.78, 5) is 42.9. The smallest absolute Gasteiger partial charge is 0.341 e. The highest BCUT2D eigenvalue weighted by Crippen LogP contribution is 2.35. The van der Waals surface area contributed by atoms with E-state index in [1.165, 1.54) is 11.3 Å². The number of allylic oxidation sites excluding steroid dienone is 1. The van der Waals surface area contributed by atoms with E-state index in [9.17, 15) is 14.4 Å². The molecule has 3 aromatic rings. The van der Waals surface area contributed by atoms with Crippen molar-refractivity contribution in [3.05, 3.63) is 87.6 Å². The summed E-state index contributed by atoms with van der Waals surface area (Å²) in [7, 11) is 0. The standard InChI is InChI=1S/C28H27IN2O7S/c1-5-36-20-12-17(11-19(29)25(20)38-14-22(32)33)13-21-26(34)31-24(18-9-7-15(3)8-10-18)23(27(35)37-6-2)16(4)30-28(31)39-21/h7-13,24H,5-6,14H2,1-4H3,(H,32,33)/b21-13+/t24-/m1/s1. The lowest BCUT2D eigenvalue weighted by molar-refractivity contribution is -0.140. The number of thiazole rings is 1. The van der Waals surface area contributed by atoms with Crippen molar-refractivity contribution in [2.45, 2.75) is 33.7 Å². The molecule has 39 heavy (non-hydrogen) atoms. The Bertz CT molecular complexity index is 1640. The van der Waals surface area contributed by atoms with Gasteiger partial charge in [0.25, 0.3) is 5.56 Å². The second-order valence-electron chi connectivity index (χ2n) is 8.66. The van der Waals surface area contributed by atoms with Crippen molar-refractivity contribution in [1.29, 1.82) is 0 Å². The Morgan fingerprint density at radius 2 is 1.85 bits per heavy atom. The Morgan fingerprint density at radius 3 is 2.49 bits per heavy atom. The zero-order chi connectivity index (χ0) is 28.3. The molecule has 11 heteroatoms. The summed E-state index contributed by atoms with van der Waals surface area (Å²) in [5, 5.41) is 9.01. The molecule has 1 aliphatic rings. The molecule has 1 aliphatic heterocycles. The van der Waals surface area contributed by atoms with Gasteiger partial charge in [0, 0.05) is 0 Å². The van der Waals surface area contributed by atoms with Gasteiger partial charge in [-0.15, -0.1) is 0 Å². The van der Waals surface area contributed by atoms with Crippen LogP contribution in [0.4, 0.5) is 0 Å². The molecule has 204 valence electrons. The average molecular weight is 663 g/mol. The molecule has 9 nitrogen and oxygen atoms in total. The van der Waals surface area contributed by atoms with Crippen LogP contribution in [0.2, 0.25) is 0 Å². The number of rotatable bonds is 9. The van der Waals surface area contributed by atoms with Crippen molar-refractivity contribution in [3.8, 4) is 11.5 Å². The first-order valence-corrected chi connectivity index (χ1v) is 14.1. The van der Waals surface area contributed by atoms with Gasteiger partial charge >= 0.3 is 11.9 Å². The van der Waals surface area contributed by atoms with Crippen LogP contribution >= 0.6 is 33.9 Å². The van der Waals surface area contributed by atoms with Crippen molar-refractivity contribution in [2.75, 3.05) is 19.8 Å². The minimum atomic E-state index is -1.10. The molecular weight excluding hydrogens is 635 g/mol. The molecule has 2 aromatic carbocycles. The molecule has 4 rings (SSSR count). The van der Waals surface area contributed by atoms with E-state index in [0.29, 0.717) is 47.8 Å². The number of carbonyl (C=O) groups excluding carboxylic acids is 1. The van der Waals surface area contributed by atoms with E-state index in [0.717, 1.165) is 11.1 Å². The molecule has 0 spiro atoms. The molecule has 0 fully saturated rings. The molecule has 0 saturated carbocycles. The molecule has 0 radical (unpaired) electrons. The number of aryl methyl sites for hydroxylation is 1. The number of ether oxygens (including phenoxy) is 3. The van der Waals surface area contributed by atoms with Gasteiger partial charge in [-0.25, -0.2) is 14.6 Å². The van der Waals surface area contributed by atoms with Crippen LogP contribution in [0.1, 0.15) is 43.5 Å². The number of hydrogen-bond acceptors (Lipinski definition) is 8. The Morgan fingerprint density at radius 1 is 1.13 bits per heavy atom. The molecule has 1 N–H and O–H groups in total. The summed E-state index contributed by atoms with van der Waals surface area (Å²) in [6.45, 7) is 7.31. The molecule has 0 unspecified atom stereocenters. The normalized spacial score (nSPS) is 15.0. The number of esters is 1. The van der Waals surface area contributed by atoms with Gasteiger partial charge in [-0.2, -0.15) is 0 Å². The highest BCUT2D eigenvalue weighted by molar-refractivity contribution is 14.1. The second-order valence-corrected chi connectivity index (χ2v) is 10.8. The monoisotopic (exact) mass is 662 g/mol. The number of carboxylic acid groups (broad SMARTS) is 1. The lowest BCUT2D eigenvalue weighted by atomic mass is 9.95. The number of carboxylic acids is 1. The second kappa shape index (κ2) is 12.2. The minimum absolute atomic E-state index is 0.202. The summed E-state index contributed by atoms with van der Waals surface area (Å²) in [5.74, 6) is -0.902. The molecule has 0 saturated heterocycles. The molecule has 0 bridgehead atoms. The fraction of sp³-hybridized carbons (Fsp3) is 0.286. The van der Waals surface area contributed by atoms with Gasteiger partial charge in [0.05, 0.1) is 38.6 Å². The summed E-state index contributed by atoms with van der Waals surface area (Å²) < 4.78 is 19.1. The van der Waals surface area contributed by atoms with E-state index in [1.807, 2.05) is 60.7 Å². The van der Waals surface area contributed by atoms with Crippen LogP contribution in [0, 0.1) is 10.5 Å². The Kier molecular flexibility index (Phi) is 8.90. The molecule has 1 aromatic heterocycles. The van der Waals surface area contributed by atoms with Crippen LogP contribution in [-0.4, -0.2) is 41.4 Å². The van der Waals surface area contributed by atoms with Gasteiger partial charge in [0.2, 0.25) is 0 Å². The molecule has 0 aliphatic carbocycles. The van der Waals surface area contributed by atoms with Gasteiger partial charge < -0.3 is 19.3 Å². The van der Waals surface area contributed by atoms with E-state index in [4.69, 9.17) is 19.3 Å². The van der Waals surface area contributed by atoms with Crippen molar-refractivity contribution >= 4 is 51.9 Å². The zero-order valence-corrected chi connectivity index (χ0v) is 24.8. The van der Waals surface area contributed by atoms with Crippen LogP contribution in [0.5, 0.6) is 11.5 Å². The maximum atomic E-state index is 13.8. The number of carbonyl (C=O) groups is 2. The van der Waals surface area contributed by atoms with E-state index < -0.39 is 24.6 Å². The van der Waals surface area contributed by atoms with Gasteiger partial charge in [-0.1, -0.05) is 41.2 Å². The summed E-state index contributed by atoms with van der Waals surface area (Å²) in [5.41, 5.74) is 3.04. The third-order valence-corrected chi connectivity index (χ3v) is 7.66. The Labute approximate surface area is 242 Å². The van der Waals surface area contributed by atoms with E-state index in [1.54, 1.807) is 36.6 Å². The van der Waals surface area contributed by atoms with E-state index >= 15 is 0 Å². The third kappa shape index (κ3) is 6.09. The van der Waals surface area contributed by atoms with E-state index in [-0.39, 0.29) is 12.2 Å². The van der Waals surface area contributed by atoms with E-state index in [2.05, 4.69) is 4.99 Å². The predicted octanol–water partition coefficient (Wildman–Crippen LogP) is 3.57. The lowest BCUT2D eigenvalue weighted by Gasteiger charge is -2.24. The summed E-state index contributed by atoms with van der Waals surface area (Å²) in [6.07, 6.45) is 1.73. The molecule has 1 atom stereocenters. The first kappa shape index (κ1) is 28.6. The fourth-order valence-corrected chi connectivity index (χ4v) is 6.04. The van der Waals surface area contributed by atoms with Crippen LogP contribution in [0.3, 0.4) is 0 Å².